The maximum atomic E-state index is 4.45. The molecule has 2 aromatic rings. The Hall–Kier alpha value is -1.68. The van der Waals surface area contributed by atoms with Gasteiger partial charge in [-0.05, 0) is 44.5 Å². The molecule has 18 heavy (non-hydrogen) atoms. The van der Waals surface area contributed by atoms with Crippen LogP contribution in [0, 0.1) is 6.92 Å². The van der Waals surface area contributed by atoms with Gasteiger partial charge in [0.2, 0.25) is 0 Å². The van der Waals surface area contributed by atoms with E-state index in [1.807, 2.05) is 36.1 Å². The van der Waals surface area contributed by atoms with Crippen LogP contribution in [-0.2, 0) is 13.1 Å². The molecule has 96 valence electrons. The van der Waals surface area contributed by atoms with E-state index in [1.165, 1.54) is 11.3 Å². The molecule has 0 radical (unpaired) electrons. The molecule has 0 saturated heterocycles. The van der Waals surface area contributed by atoms with E-state index in [-0.39, 0.29) is 0 Å². The molecule has 0 aromatic carbocycles. The molecule has 4 heteroatoms. The van der Waals surface area contributed by atoms with Crippen LogP contribution in [-0.4, -0.2) is 14.8 Å². The van der Waals surface area contributed by atoms with Crippen LogP contribution in [0.15, 0.2) is 30.6 Å². The molecule has 1 unspecified atom stereocenters. The number of nitrogens with one attached hydrogen (secondary N) is 1. The molecule has 0 aliphatic carbocycles. The zero-order valence-electron chi connectivity index (χ0n) is 11.2. The summed E-state index contributed by atoms with van der Waals surface area (Å²) in [6.45, 7) is 8.05. The van der Waals surface area contributed by atoms with Gasteiger partial charge in [0.25, 0.3) is 0 Å². The molecule has 4 nitrogen and oxygen atoms in total. The Morgan fingerprint density at radius 2 is 2.06 bits per heavy atom. The van der Waals surface area contributed by atoms with Crippen molar-refractivity contribution >= 4 is 0 Å². The minimum Gasteiger partial charge on any atom is -0.305 e. The molecular formula is C14H20N4. The number of aryl methyl sites for hydroxylation is 2. The summed E-state index contributed by atoms with van der Waals surface area (Å²) >= 11 is 0. The van der Waals surface area contributed by atoms with Crippen LogP contribution >= 0.6 is 0 Å². The number of hydrogen-bond acceptors (Lipinski definition) is 3. The maximum absolute atomic E-state index is 4.45. The van der Waals surface area contributed by atoms with Crippen molar-refractivity contribution in [1.29, 1.82) is 0 Å². The van der Waals surface area contributed by atoms with Crippen LogP contribution in [0.1, 0.15) is 36.8 Å². The molecule has 1 atom stereocenters. The standard InChI is InChI=1S/C14H20N4/c1-4-18-14(9-11(2)17-18)10-16-12(3)13-5-7-15-8-6-13/h5-9,12,16H,4,10H2,1-3H3. The van der Waals surface area contributed by atoms with Gasteiger partial charge in [0.15, 0.2) is 0 Å². The van der Waals surface area contributed by atoms with Gasteiger partial charge >= 0.3 is 0 Å². The fourth-order valence-corrected chi connectivity index (χ4v) is 2.04. The van der Waals surface area contributed by atoms with Gasteiger partial charge in [0.1, 0.15) is 0 Å². The molecule has 2 heterocycles. The van der Waals surface area contributed by atoms with E-state index in [9.17, 15) is 0 Å². The first-order valence-corrected chi connectivity index (χ1v) is 6.37. The number of hydrogen-bond donors (Lipinski definition) is 1. The van der Waals surface area contributed by atoms with Gasteiger partial charge in [-0.3, -0.25) is 9.67 Å². The van der Waals surface area contributed by atoms with Crippen molar-refractivity contribution in [1.82, 2.24) is 20.1 Å². The average molecular weight is 244 g/mol. The third kappa shape index (κ3) is 2.96. The van der Waals surface area contributed by atoms with Crippen molar-refractivity contribution in [3.8, 4) is 0 Å². The highest BCUT2D eigenvalue weighted by molar-refractivity contribution is 5.15. The number of aromatic nitrogens is 3. The van der Waals surface area contributed by atoms with Gasteiger partial charge in [-0.2, -0.15) is 5.10 Å². The van der Waals surface area contributed by atoms with Crippen molar-refractivity contribution in [2.45, 2.75) is 39.9 Å². The lowest BCUT2D eigenvalue weighted by molar-refractivity contribution is 0.530. The van der Waals surface area contributed by atoms with E-state index in [4.69, 9.17) is 0 Å². The monoisotopic (exact) mass is 244 g/mol. The van der Waals surface area contributed by atoms with Crippen LogP contribution in [0.25, 0.3) is 0 Å². The normalized spacial score (nSPS) is 12.6. The van der Waals surface area contributed by atoms with Crippen LogP contribution in [0.3, 0.4) is 0 Å². The fourth-order valence-electron chi connectivity index (χ4n) is 2.04. The number of pyridine rings is 1. The Labute approximate surface area is 108 Å². The number of nitrogens with zero attached hydrogens (tertiary/aromatic N) is 3. The lowest BCUT2D eigenvalue weighted by Crippen LogP contribution is -2.20. The second-order valence-electron chi connectivity index (χ2n) is 4.48. The minimum atomic E-state index is 0.313. The largest absolute Gasteiger partial charge is 0.305 e. The summed E-state index contributed by atoms with van der Waals surface area (Å²) in [5.74, 6) is 0. The Balaban J connectivity index is 1.99. The molecule has 2 aromatic heterocycles. The lowest BCUT2D eigenvalue weighted by atomic mass is 10.1. The fraction of sp³-hybridized carbons (Fsp3) is 0.429. The molecule has 0 aliphatic heterocycles. The summed E-state index contributed by atoms with van der Waals surface area (Å²) in [5.41, 5.74) is 3.56. The van der Waals surface area contributed by atoms with E-state index in [0.717, 1.165) is 18.8 Å². The Morgan fingerprint density at radius 3 is 2.72 bits per heavy atom. The van der Waals surface area contributed by atoms with Gasteiger partial charge in [-0.25, -0.2) is 0 Å². The van der Waals surface area contributed by atoms with Gasteiger partial charge in [0.05, 0.1) is 11.4 Å². The SMILES string of the molecule is CCn1nc(C)cc1CNC(C)c1ccncc1. The highest BCUT2D eigenvalue weighted by Gasteiger charge is 2.07. The van der Waals surface area contributed by atoms with E-state index < -0.39 is 0 Å². The summed E-state index contributed by atoms with van der Waals surface area (Å²) in [6.07, 6.45) is 3.65. The Bertz CT molecular complexity index is 490. The third-order valence-corrected chi connectivity index (χ3v) is 3.08. The van der Waals surface area contributed by atoms with Crippen LogP contribution < -0.4 is 5.32 Å². The van der Waals surface area contributed by atoms with Gasteiger partial charge in [-0.15, -0.1) is 0 Å². The predicted molar refractivity (Wildman–Crippen MR) is 72.1 cm³/mol. The smallest absolute Gasteiger partial charge is 0.0597 e. The molecule has 0 saturated carbocycles. The van der Waals surface area contributed by atoms with Crippen LogP contribution in [0.5, 0.6) is 0 Å². The van der Waals surface area contributed by atoms with Crippen molar-refractivity contribution in [2.75, 3.05) is 0 Å². The molecule has 0 amide bonds. The van der Waals surface area contributed by atoms with Gasteiger partial charge in [-0.1, -0.05) is 0 Å². The second-order valence-corrected chi connectivity index (χ2v) is 4.48. The first kappa shape index (κ1) is 12.8. The topological polar surface area (TPSA) is 42.7 Å². The summed E-state index contributed by atoms with van der Waals surface area (Å²) < 4.78 is 2.04. The first-order valence-electron chi connectivity index (χ1n) is 6.37. The lowest BCUT2D eigenvalue weighted by Gasteiger charge is -2.14. The highest BCUT2D eigenvalue weighted by atomic mass is 15.3. The summed E-state index contributed by atoms with van der Waals surface area (Å²) in [7, 11) is 0. The third-order valence-electron chi connectivity index (χ3n) is 3.08. The minimum absolute atomic E-state index is 0.313. The van der Waals surface area contributed by atoms with E-state index in [1.54, 1.807) is 0 Å². The van der Waals surface area contributed by atoms with Crippen molar-refractivity contribution < 1.29 is 0 Å². The molecule has 1 N–H and O–H groups in total. The highest BCUT2D eigenvalue weighted by Crippen LogP contribution is 2.12. The molecule has 2 rings (SSSR count). The molecule has 0 spiro atoms. The number of rotatable bonds is 5. The summed E-state index contributed by atoms with van der Waals surface area (Å²) in [4.78, 5) is 4.03. The second kappa shape index (κ2) is 5.78. The van der Waals surface area contributed by atoms with Crippen molar-refractivity contribution in [2.24, 2.45) is 0 Å². The Kier molecular flexibility index (Phi) is 4.10. The van der Waals surface area contributed by atoms with Gasteiger partial charge < -0.3 is 5.32 Å². The van der Waals surface area contributed by atoms with Gasteiger partial charge in [0, 0.05) is 31.5 Å². The molecule has 0 aliphatic rings. The van der Waals surface area contributed by atoms with Crippen LogP contribution in [0.4, 0.5) is 0 Å². The zero-order chi connectivity index (χ0) is 13.0. The molecule has 0 fully saturated rings. The quantitative estimate of drug-likeness (QED) is 0.878. The summed E-state index contributed by atoms with van der Waals surface area (Å²) in [5, 5.41) is 7.96. The van der Waals surface area contributed by atoms with Crippen LogP contribution in [0.2, 0.25) is 0 Å². The zero-order valence-corrected chi connectivity index (χ0v) is 11.2. The maximum Gasteiger partial charge on any atom is 0.0597 e. The molecular weight excluding hydrogens is 224 g/mol. The van der Waals surface area contributed by atoms with E-state index in [2.05, 4.69) is 35.3 Å². The molecule has 0 bridgehead atoms. The van der Waals surface area contributed by atoms with E-state index >= 15 is 0 Å². The van der Waals surface area contributed by atoms with E-state index in [0.29, 0.717) is 6.04 Å². The average Bonchev–Trinajstić information content (AvgIpc) is 2.77. The van der Waals surface area contributed by atoms with Crippen molar-refractivity contribution in [3.05, 3.63) is 47.5 Å². The summed E-state index contributed by atoms with van der Waals surface area (Å²) in [6, 6.07) is 6.53. The Morgan fingerprint density at radius 1 is 1.33 bits per heavy atom. The predicted octanol–water partition coefficient (Wildman–Crippen LogP) is 2.46. The first-order chi connectivity index (χ1) is 8.70. The van der Waals surface area contributed by atoms with Crippen molar-refractivity contribution in [3.63, 3.8) is 0 Å².